The van der Waals surface area contributed by atoms with E-state index in [0.29, 0.717) is 5.56 Å². The number of carbonyl (C=O) groups excluding carboxylic acids is 2. The zero-order valence-electron chi connectivity index (χ0n) is 16.1. The molecule has 3 rings (SSSR count). The van der Waals surface area contributed by atoms with Gasteiger partial charge in [-0.05, 0) is 55.0 Å². The lowest BCUT2D eigenvalue weighted by atomic mass is 10.0. The van der Waals surface area contributed by atoms with Gasteiger partial charge in [-0.2, -0.15) is 0 Å². The summed E-state index contributed by atoms with van der Waals surface area (Å²) in [7, 11) is -3.64. The lowest BCUT2D eigenvalue weighted by molar-refractivity contribution is 0.0474. The van der Waals surface area contributed by atoms with Crippen LogP contribution in [0.4, 0.5) is 0 Å². The van der Waals surface area contributed by atoms with E-state index in [-0.39, 0.29) is 22.3 Å². The fraction of sp³-hybridized carbons (Fsp3) is 0.182. The molecule has 0 bridgehead atoms. The maximum atomic E-state index is 12.3. The molecule has 1 N–H and O–H groups in total. The summed E-state index contributed by atoms with van der Waals surface area (Å²) in [6, 6.07) is 18.1. The van der Waals surface area contributed by atoms with Gasteiger partial charge in [-0.1, -0.05) is 36.4 Å². The smallest absolute Gasteiger partial charge is 0.338 e. The number of fused-ring (bicyclic) bond motifs is 1. The van der Waals surface area contributed by atoms with Gasteiger partial charge in [-0.25, -0.2) is 17.9 Å². The van der Waals surface area contributed by atoms with Gasteiger partial charge in [0.25, 0.3) is 0 Å². The van der Waals surface area contributed by atoms with Crippen LogP contribution < -0.4 is 4.72 Å². The summed E-state index contributed by atoms with van der Waals surface area (Å²) in [5.41, 5.74) is 0.623. The number of rotatable bonds is 7. The highest BCUT2D eigenvalue weighted by Gasteiger charge is 2.17. The van der Waals surface area contributed by atoms with E-state index in [4.69, 9.17) is 4.74 Å². The molecule has 0 atom stereocenters. The van der Waals surface area contributed by atoms with Crippen LogP contribution in [0.2, 0.25) is 0 Å². The van der Waals surface area contributed by atoms with Crippen LogP contribution in [0.1, 0.15) is 34.6 Å². The van der Waals surface area contributed by atoms with Crippen molar-refractivity contribution in [2.24, 2.45) is 0 Å². The van der Waals surface area contributed by atoms with Crippen LogP contribution in [-0.2, 0) is 14.8 Å². The molecule has 29 heavy (non-hydrogen) atoms. The molecule has 0 aromatic heterocycles. The van der Waals surface area contributed by atoms with Gasteiger partial charge in [-0.3, -0.25) is 4.79 Å². The van der Waals surface area contributed by atoms with E-state index in [1.165, 1.54) is 24.3 Å². The van der Waals surface area contributed by atoms with E-state index in [2.05, 4.69) is 4.72 Å². The number of esters is 1. The van der Waals surface area contributed by atoms with Crippen molar-refractivity contribution < 1.29 is 22.7 Å². The molecule has 7 heteroatoms. The molecule has 0 aliphatic carbocycles. The summed E-state index contributed by atoms with van der Waals surface area (Å²) in [5.74, 6) is -1.01. The molecule has 0 saturated heterocycles. The molecule has 0 radical (unpaired) electrons. The number of Topliss-reactive ketones (excluding diaryl/α,β-unsaturated/α-hetero) is 1. The summed E-state index contributed by atoms with van der Waals surface area (Å²) in [4.78, 5) is 24.6. The topological polar surface area (TPSA) is 89.5 Å². The molecule has 3 aromatic carbocycles. The number of sulfonamides is 1. The molecule has 3 aromatic rings. The van der Waals surface area contributed by atoms with Gasteiger partial charge >= 0.3 is 5.97 Å². The largest absolute Gasteiger partial charge is 0.454 e. The van der Waals surface area contributed by atoms with Crippen molar-refractivity contribution >= 4 is 32.5 Å². The minimum Gasteiger partial charge on any atom is -0.454 e. The van der Waals surface area contributed by atoms with E-state index < -0.39 is 22.6 Å². The normalized spacial score (nSPS) is 11.6. The Bertz CT molecular complexity index is 1150. The molecule has 0 fully saturated rings. The molecule has 150 valence electrons. The standard InChI is InChI=1S/C22H21NO5S/c1-15(2)23-29(26,27)20-11-9-17(10-12-20)22(25)28-14-21(24)19-8-7-16-5-3-4-6-18(16)13-19/h3-13,15,23H,14H2,1-2H3. The summed E-state index contributed by atoms with van der Waals surface area (Å²) in [5, 5.41) is 1.94. The highest BCUT2D eigenvalue weighted by Crippen LogP contribution is 2.16. The fourth-order valence-corrected chi connectivity index (χ4v) is 4.06. The number of carbonyl (C=O) groups is 2. The van der Waals surface area contributed by atoms with Crippen molar-refractivity contribution in [1.82, 2.24) is 4.72 Å². The maximum Gasteiger partial charge on any atom is 0.338 e. The first-order valence-corrected chi connectivity index (χ1v) is 10.6. The second-order valence-corrected chi connectivity index (χ2v) is 8.58. The molecule has 0 saturated carbocycles. The van der Waals surface area contributed by atoms with Crippen molar-refractivity contribution in [1.29, 1.82) is 0 Å². The Morgan fingerprint density at radius 1 is 0.897 bits per heavy atom. The zero-order chi connectivity index (χ0) is 21.0. The average Bonchev–Trinajstić information content (AvgIpc) is 2.70. The molecular weight excluding hydrogens is 390 g/mol. The Balaban J connectivity index is 1.64. The van der Waals surface area contributed by atoms with Crippen molar-refractivity contribution in [2.75, 3.05) is 6.61 Å². The Morgan fingerprint density at radius 3 is 2.17 bits per heavy atom. The maximum absolute atomic E-state index is 12.3. The van der Waals surface area contributed by atoms with E-state index in [9.17, 15) is 18.0 Å². The van der Waals surface area contributed by atoms with Gasteiger partial charge in [-0.15, -0.1) is 0 Å². The van der Waals surface area contributed by atoms with E-state index in [1.807, 2.05) is 30.3 Å². The van der Waals surface area contributed by atoms with Gasteiger partial charge in [0, 0.05) is 11.6 Å². The fourth-order valence-electron chi connectivity index (χ4n) is 2.81. The molecule has 0 aliphatic rings. The minimum absolute atomic E-state index is 0.0509. The highest BCUT2D eigenvalue weighted by molar-refractivity contribution is 7.89. The van der Waals surface area contributed by atoms with Gasteiger partial charge < -0.3 is 4.74 Å². The second-order valence-electron chi connectivity index (χ2n) is 6.86. The molecule has 0 spiro atoms. The van der Waals surface area contributed by atoms with Gasteiger partial charge in [0.1, 0.15) is 0 Å². The van der Waals surface area contributed by atoms with Crippen LogP contribution in [0, 0.1) is 0 Å². The van der Waals surface area contributed by atoms with Gasteiger partial charge in [0.05, 0.1) is 10.5 Å². The number of ether oxygens (including phenoxy) is 1. The first-order chi connectivity index (χ1) is 13.8. The highest BCUT2D eigenvalue weighted by atomic mass is 32.2. The van der Waals surface area contributed by atoms with Crippen LogP contribution in [-0.4, -0.2) is 32.8 Å². The van der Waals surface area contributed by atoms with Crippen LogP contribution in [0.25, 0.3) is 10.8 Å². The molecular formula is C22H21NO5S. The third-order valence-corrected chi connectivity index (χ3v) is 5.87. The predicted molar refractivity (Wildman–Crippen MR) is 110 cm³/mol. The van der Waals surface area contributed by atoms with Crippen LogP contribution in [0.15, 0.2) is 71.6 Å². The third-order valence-electron chi connectivity index (χ3n) is 4.20. The van der Waals surface area contributed by atoms with Gasteiger partial charge in [0.2, 0.25) is 10.0 Å². The summed E-state index contributed by atoms with van der Waals surface area (Å²) >= 11 is 0. The lowest BCUT2D eigenvalue weighted by Gasteiger charge is -2.10. The Hall–Kier alpha value is -3.03. The number of hydrogen-bond donors (Lipinski definition) is 1. The Labute approximate surface area is 169 Å². The average molecular weight is 411 g/mol. The van der Waals surface area contributed by atoms with E-state index in [1.54, 1.807) is 26.0 Å². The van der Waals surface area contributed by atoms with Crippen molar-refractivity contribution in [3.05, 3.63) is 77.9 Å². The van der Waals surface area contributed by atoms with Crippen molar-refractivity contribution in [3.63, 3.8) is 0 Å². The van der Waals surface area contributed by atoms with E-state index in [0.717, 1.165) is 10.8 Å². The first kappa shape index (κ1) is 20.7. The van der Waals surface area contributed by atoms with E-state index >= 15 is 0 Å². The quantitative estimate of drug-likeness (QED) is 0.474. The third kappa shape index (κ3) is 5.07. The monoisotopic (exact) mass is 411 g/mol. The summed E-state index contributed by atoms with van der Waals surface area (Å²) < 4.78 is 31.8. The Kier molecular flexibility index (Phi) is 6.10. The molecule has 0 aliphatic heterocycles. The summed E-state index contributed by atoms with van der Waals surface area (Å²) in [6.07, 6.45) is 0. The van der Waals surface area contributed by atoms with Crippen LogP contribution >= 0.6 is 0 Å². The van der Waals surface area contributed by atoms with Gasteiger partial charge in [0.15, 0.2) is 12.4 Å². The summed E-state index contributed by atoms with van der Waals surface area (Å²) in [6.45, 7) is 3.04. The molecule has 0 amide bonds. The lowest BCUT2D eigenvalue weighted by Crippen LogP contribution is -2.30. The number of nitrogens with one attached hydrogen (secondary N) is 1. The van der Waals surface area contributed by atoms with Crippen molar-refractivity contribution in [3.8, 4) is 0 Å². The molecule has 0 heterocycles. The minimum atomic E-state index is -3.64. The first-order valence-electron chi connectivity index (χ1n) is 9.08. The Morgan fingerprint density at radius 2 is 1.52 bits per heavy atom. The van der Waals surface area contributed by atoms with Crippen LogP contribution in [0.5, 0.6) is 0 Å². The SMILES string of the molecule is CC(C)NS(=O)(=O)c1ccc(C(=O)OCC(=O)c2ccc3ccccc3c2)cc1. The predicted octanol–water partition coefficient (Wildman–Crippen LogP) is 3.57. The number of hydrogen-bond acceptors (Lipinski definition) is 5. The molecule has 6 nitrogen and oxygen atoms in total. The van der Waals surface area contributed by atoms with Crippen molar-refractivity contribution in [2.45, 2.75) is 24.8 Å². The molecule has 0 unspecified atom stereocenters. The van der Waals surface area contributed by atoms with Crippen LogP contribution in [0.3, 0.4) is 0 Å². The number of benzene rings is 3. The number of ketones is 1. The zero-order valence-corrected chi connectivity index (χ0v) is 16.9. The second kappa shape index (κ2) is 8.55.